The van der Waals surface area contributed by atoms with E-state index in [0.29, 0.717) is 18.5 Å². The first-order valence-electron chi connectivity index (χ1n) is 6.36. The van der Waals surface area contributed by atoms with E-state index in [1.165, 1.54) is 24.3 Å². The fourth-order valence-corrected chi connectivity index (χ4v) is 1.92. The number of amides is 1. The molecule has 1 amide bonds. The van der Waals surface area contributed by atoms with E-state index in [9.17, 15) is 9.18 Å². The smallest absolute Gasteiger partial charge is 0.251 e. The van der Waals surface area contributed by atoms with Crippen LogP contribution in [0.15, 0.2) is 48.5 Å². The quantitative estimate of drug-likeness (QED) is 0.909. The third kappa shape index (κ3) is 3.57. The van der Waals surface area contributed by atoms with Crippen LogP contribution in [-0.2, 0) is 6.42 Å². The molecular weight excluding hydrogens is 257 g/mol. The van der Waals surface area contributed by atoms with Crippen LogP contribution in [0.2, 0.25) is 0 Å². The van der Waals surface area contributed by atoms with Gasteiger partial charge in [0.15, 0.2) is 0 Å². The molecule has 3 nitrogen and oxygen atoms in total. The van der Waals surface area contributed by atoms with E-state index < -0.39 is 0 Å². The SMILES string of the molecule is COc1ccccc1CCNC(=O)c1ccc(F)cc1. The number of hydrogen-bond acceptors (Lipinski definition) is 2. The highest BCUT2D eigenvalue weighted by Gasteiger charge is 2.06. The third-order valence-corrected chi connectivity index (χ3v) is 2.98. The Morgan fingerprint density at radius 1 is 1.15 bits per heavy atom. The van der Waals surface area contributed by atoms with Crippen molar-refractivity contribution in [1.29, 1.82) is 0 Å². The van der Waals surface area contributed by atoms with Crippen molar-refractivity contribution in [3.8, 4) is 5.75 Å². The van der Waals surface area contributed by atoms with E-state index in [-0.39, 0.29) is 11.7 Å². The number of nitrogens with one attached hydrogen (secondary N) is 1. The molecule has 0 saturated carbocycles. The molecule has 0 saturated heterocycles. The third-order valence-electron chi connectivity index (χ3n) is 2.98. The van der Waals surface area contributed by atoms with E-state index in [1.807, 2.05) is 24.3 Å². The van der Waals surface area contributed by atoms with E-state index in [0.717, 1.165) is 11.3 Å². The molecule has 2 rings (SSSR count). The Labute approximate surface area is 117 Å². The highest BCUT2D eigenvalue weighted by atomic mass is 19.1. The van der Waals surface area contributed by atoms with E-state index in [1.54, 1.807) is 7.11 Å². The van der Waals surface area contributed by atoms with E-state index in [2.05, 4.69) is 5.32 Å². The van der Waals surface area contributed by atoms with Crippen molar-refractivity contribution < 1.29 is 13.9 Å². The summed E-state index contributed by atoms with van der Waals surface area (Å²) >= 11 is 0. The summed E-state index contributed by atoms with van der Waals surface area (Å²) in [6, 6.07) is 13.2. The van der Waals surface area contributed by atoms with Crippen LogP contribution in [0.3, 0.4) is 0 Å². The average Bonchev–Trinajstić information content (AvgIpc) is 2.48. The van der Waals surface area contributed by atoms with Crippen LogP contribution in [0, 0.1) is 5.82 Å². The van der Waals surface area contributed by atoms with Crippen LogP contribution < -0.4 is 10.1 Å². The first-order valence-corrected chi connectivity index (χ1v) is 6.36. The summed E-state index contributed by atoms with van der Waals surface area (Å²) in [4.78, 5) is 11.8. The molecule has 1 N–H and O–H groups in total. The van der Waals surface area contributed by atoms with Gasteiger partial charge in [0.1, 0.15) is 11.6 Å². The maximum absolute atomic E-state index is 12.8. The maximum Gasteiger partial charge on any atom is 0.251 e. The molecule has 0 aliphatic rings. The molecule has 0 atom stereocenters. The second kappa shape index (κ2) is 6.70. The van der Waals surface area contributed by atoms with Crippen LogP contribution in [0.1, 0.15) is 15.9 Å². The summed E-state index contributed by atoms with van der Waals surface area (Å²) in [6.07, 6.45) is 0.678. The monoisotopic (exact) mass is 273 g/mol. The number of hydrogen-bond donors (Lipinski definition) is 1. The fraction of sp³-hybridized carbons (Fsp3) is 0.188. The predicted octanol–water partition coefficient (Wildman–Crippen LogP) is 2.81. The van der Waals surface area contributed by atoms with Crippen molar-refractivity contribution in [2.24, 2.45) is 0 Å². The Morgan fingerprint density at radius 3 is 2.55 bits per heavy atom. The lowest BCUT2D eigenvalue weighted by atomic mass is 10.1. The lowest BCUT2D eigenvalue weighted by Crippen LogP contribution is -2.25. The largest absolute Gasteiger partial charge is 0.496 e. The fourth-order valence-electron chi connectivity index (χ4n) is 1.92. The molecule has 0 heterocycles. The van der Waals surface area contributed by atoms with E-state index in [4.69, 9.17) is 4.74 Å². The number of methoxy groups -OCH3 is 1. The van der Waals surface area contributed by atoms with E-state index >= 15 is 0 Å². The highest BCUT2D eigenvalue weighted by Crippen LogP contribution is 2.17. The molecule has 0 fully saturated rings. The summed E-state index contributed by atoms with van der Waals surface area (Å²) < 4.78 is 18.0. The van der Waals surface area contributed by atoms with Crippen molar-refractivity contribution in [3.05, 3.63) is 65.5 Å². The van der Waals surface area contributed by atoms with Gasteiger partial charge in [-0.2, -0.15) is 0 Å². The number of para-hydroxylation sites is 1. The van der Waals surface area contributed by atoms with Gasteiger partial charge in [0.2, 0.25) is 0 Å². The number of carbonyl (C=O) groups excluding carboxylic acids is 1. The van der Waals surface area contributed by atoms with Crippen LogP contribution in [-0.4, -0.2) is 19.6 Å². The van der Waals surface area contributed by atoms with Gasteiger partial charge in [-0.25, -0.2) is 4.39 Å². The minimum Gasteiger partial charge on any atom is -0.496 e. The Balaban J connectivity index is 1.89. The minimum atomic E-state index is -0.351. The second-order valence-corrected chi connectivity index (χ2v) is 4.32. The molecule has 0 radical (unpaired) electrons. The van der Waals surface area contributed by atoms with Gasteiger partial charge in [0.25, 0.3) is 5.91 Å². The van der Waals surface area contributed by atoms with Crippen LogP contribution in [0.25, 0.3) is 0 Å². The summed E-state index contributed by atoms with van der Waals surface area (Å²) in [7, 11) is 1.62. The van der Waals surface area contributed by atoms with Crippen molar-refractivity contribution in [2.75, 3.05) is 13.7 Å². The number of benzene rings is 2. The van der Waals surface area contributed by atoms with Gasteiger partial charge in [0.05, 0.1) is 7.11 Å². The van der Waals surface area contributed by atoms with Gasteiger partial charge in [-0.3, -0.25) is 4.79 Å². The number of ether oxygens (including phenoxy) is 1. The number of carbonyl (C=O) groups is 1. The number of rotatable bonds is 5. The van der Waals surface area contributed by atoms with Gasteiger partial charge >= 0.3 is 0 Å². The first kappa shape index (κ1) is 14.1. The zero-order valence-corrected chi connectivity index (χ0v) is 11.2. The molecule has 4 heteroatoms. The molecule has 2 aromatic carbocycles. The molecule has 104 valence electrons. The molecule has 0 unspecified atom stereocenters. The zero-order valence-electron chi connectivity index (χ0n) is 11.2. The van der Waals surface area contributed by atoms with Crippen LogP contribution in [0.5, 0.6) is 5.75 Å². The average molecular weight is 273 g/mol. The normalized spacial score (nSPS) is 10.1. The summed E-state index contributed by atoms with van der Waals surface area (Å²) in [5.41, 5.74) is 1.49. The molecular formula is C16H16FNO2. The summed E-state index contributed by atoms with van der Waals surface area (Å²) in [5, 5.41) is 2.80. The maximum atomic E-state index is 12.8. The van der Waals surface area contributed by atoms with Crippen molar-refractivity contribution in [1.82, 2.24) is 5.32 Å². The van der Waals surface area contributed by atoms with Crippen molar-refractivity contribution in [3.63, 3.8) is 0 Å². The molecule has 2 aromatic rings. The summed E-state index contributed by atoms with van der Waals surface area (Å²) in [6.45, 7) is 0.497. The second-order valence-electron chi connectivity index (χ2n) is 4.32. The lowest BCUT2D eigenvalue weighted by molar-refractivity contribution is 0.0954. The molecule has 0 spiro atoms. The van der Waals surface area contributed by atoms with Gasteiger partial charge < -0.3 is 10.1 Å². The van der Waals surface area contributed by atoms with Gasteiger partial charge in [-0.05, 0) is 42.3 Å². The Bertz CT molecular complexity index is 581. The zero-order chi connectivity index (χ0) is 14.4. The topological polar surface area (TPSA) is 38.3 Å². The van der Waals surface area contributed by atoms with Crippen LogP contribution >= 0.6 is 0 Å². The predicted molar refractivity (Wildman–Crippen MR) is 75.4 cm³/mol. The molecule has 20 heavy (non-hydrogen) atoms. The first-order chi connectivity index (χ1) is 9.70. The van der Waals surface area contributed by atoms with Gasteiger partial charge in [-0.1, -0.05) is 18.2 Å². The van der Waals surface area contributed by atoms with Crippen molar-refractivity contribution in [2.45, 2.75) is 6.42 Å². The standard InChI is InChI=1S/C16H16FNO2/c1-20-15-5-3-2-4-12(15)10-11-18-16(19)13-6-8-14(17)9-7-13/h2-9H,10-11H2,1H3,(H,18,19). The van der Waals surface area contributed by atoms with Gasteiger partial charge in [0, 0.05) is 12.1 Å². The Kier molecular flexibility index (Phi) is 4.71. The van der Waals surface area contributed by atoms with Gasteiger partial charge in [-0.15, -0.1) is 0 Å². The number of halogens is 1. The molecule has 0 aliphatic heterocycles. The Morgan fingerprint density at radius 2 is 1.85 bits per heavy atom. The molecule has 0 bridgehead atoms. The molecule has 0 aromatic heterocycles. The van der Waals surface area contributed by atoms with Crippen LogP contribution in [0.4, 0.5) is 4.39 Å². The summed E-state index contributed by atoms with van der Waals surface area (Å²) in [5.74, 6) is 0.249. The highest BCUT2D eigenvalue weighted by molar-refractivity contribution is 5.94. The van der Waals surface area contributed by atoms with Crippen molar-refractivity contribution >= 4 is 5.91 Å². The lowest BCUT2D eigenvalue weighted by Gasteiger charge is -2.09. The Hall–Kier alpha value is -2.36. The minimum absolute atomic E-state index is 0.208. The molecule has 0 aliphatic carbocycles.